The Morgan fingerprint density at radius 2 is 0.529 bits per heavy atom. The highest BCUT2D eigenvalue weighted by atomic mass is 32.2. The topological polar surface area (TPSA) is 0 Å². The molecule has 0 aromatic rings. The van der Waals surface area contributed by atoms with Crippen LogP contribution in [-0.4, -0.2) is 16.3 Å². The molecular formula is C9H20S8. The van der Waals surface area contributed by atoms with E-state index in [9.17, 15) is 0 Å². The summed E-state index contributed by atoms with van der Waals surface area (Å²) >= 11 is 36.7. The summed E-state index contributed by atoms with van der Waals surface area (Å²) in [6, 6.07) is 0. The lowest BCUT2D eigenvalue weighted by molar-refractivity contribution is 0.219. The number of hydrogen-bond donors (Lipinski definition) is 8. The fraction of sp³-hybridized carbons (Fsp3) is 1.00. The van der Waals surface area contributed by atoms with E-state index in [1.807, 2.05) is 27.7 Å². The smallest absolute Gasteiger partial charge is 0.0643 e. The van der Waals surface area contributed by atoms with Crippen molar-refractivity contribution in [2.75, 3.05) is 0 Å². The molecule has 8 heteroatoms. The van der Waals surface area contributed by atoms with Crippen molar-refractivity contribution in [3.05, 3.63) is 0 Å². The Balaban J connectivity index is 6.37. The molecule has 0 bridgehead atoms. The Labute approximate surface area is 149 Å². The van der Waals surface area contributed by atoms with Crippen LogP contribution in [0, 0.1) is 5.41 Å². The fourth-order valence-corrected chi connectivity index (χ4v) is 10.2. The van der Waals surface area contributed by atoms with Crippen LogP contribution in [0.15, 0.2) is 0 Å². The standard InChI is InChI=1S/C9H20S8/c1-5(10,11)9(6(2,12)13,7(3,14)15)8(4,16)17/h10-17H,1-4H3. The summed E-state index contributed by atoms with van der Waals surface area (Å²) in [4.78, 5) is 0. The first kappa shape index (κ1) is 19.8. The first-order valence-electron chi connectivity index (χ1n) is 4.79. The van der Waals surface area contributed by atoms with Crippen molar-refractivity contribution in [1.82, 2.24) is 0 Å². The summed E-state index contributed by atoms with van der Waals surface area (Å²) in [5.41, 5.74) is -0.836. The van der Waals surface area contributed by atoms with Crippen LogP contribution in [0.3, 0.4) is 0 Å². The quantitative estimate of drug-likeness (QED) is 0.258. The van der Waals surface area contributed by atoms with Crippen LogP contribution >= 0.6 is 101 Å². The molecule has 0 saturated heterocycles. The van der Waals surface area contributed by atoms with Crippen molar-refractivity contribution < 1.29 is 0 Å². The molecule has 0 heterocycles. The van der Waals surface area contributed by atoms with E-state index in [1.165, 1.54) is 0 Å². The highest BCUT2D eigenvalue weighted by Gasteiger charge is 2.68. The van der Waals surface area contributed by atoms with Gasteiger partial charge in [-0.1, -0.05) is 0 Å². The van der Waals surface area contributed by atoms with Crippen LogP contribution < -0.4 is 0 Å². The minimum atomic E-state index is -0.836. The van der Waals surface area contributed by atoms with E-state index in [1.54, 1.807) is 0 Å². The van der Waals surface area contributed by atoms with Gasteiger partial charge in [-0.3, -0.25) is 0 Å². The normalized spacial score (nSPS) is 16.2. The van der Waals surface area contributed by atoms with Crippen molar-refractivity contribution in [3.63, 3.8) is 0 Å². The molecule has 0 amide bonds. The van der Waals surface area contributed by atoms with Crippen LogP contribution in [0.25, 0.3) is 0 Å². The van der Waals surface area contributed by atoms with E-state index in [2.05, 4.69) is 101 Å². The van der Waals surface area contributed by atoms with Crippen molar-refractivity contribution in [2.45, 2.75) is 44.0 Å². The summed E-state index contributed by atoms with van der Waals surface area (Å²) in [6.07, 6.45) is 0. The van der Waals surface area contributed by atoms with E-state index in [0.717, 1.165) is 0 Å². The lowest BCUT2D eigenvalue weighted by atomic mass is 9.73. The maximum atomic E-state index is 4.59. The molecule has 0 spiro atoms. The van der Waals surface area contributed by atoms with E-state index < -0.39 is 21.7 Å². The zero-order chi connectivity index (χ0) is 14.5. The first-order chi connectivity index (χ1) is 7.00. The number of rotatable bonds is 4. The summed E-state index contributed by atoms with van der Waals surface area (Å²) in [5.74, 6) is 0. The van der Waals surface area contributed by atoms with Crippen molar-refractivity contribution in [1.29, 1.82) is 0 Å². The Morgan fingerprint density at radius 1 is 0.412 bits per heavy atom. The van der Waals surface area contributed by atoms with Crippen LogP contribution in [0.2, 0.25) is 0 Å². The maximum absolute atomic E-state index is 4.59. The van der Waals surface area contributed by atoms with E-state index >= 15 is 0 Å². The molecule has 0 atom stereocenters. The van der Waals surface area contributed by atoms with Gasteiger partial charge in [0.15, 0.2) is 0 Å². The van der Waals surface area contributed by atoms with Crippen LogP contribution in [0.1, 0.15) is 27.7 Å². The molecule has 0 nitrogen and oxygen atoms in total. The summed E-state index contributed by atoms with van der Waals surface area (Å²) in [7, 11) is 0. The molecule has 0 saturated carbocycles. The molecule has 0 aliphatic carbocycles. The fourth-order valence-electron chi connectivity index (χ4n) is 2.69. The van der Waals surface area contributed by atoms with Gasteiger partial charge in [0, 0.05) is 0 Å². The summed E-state index contributed by atoms with van der Waals surface area (Å²) in [6.45, 7) is 7.39. The molecule has 0 radical (unpaired) electrons. The second-order valence-corrected chi connectivity index (χ2v) is 13.4. The zero-order valence-electron chi connectivity index (χ0n) is 10.1. The van der Waals surface area contributed by atoms with E-state index in [-0.39, 0.29) is 0 Å². The molecule has 0 unspecified atom stereocenters. The molecule has 0 aliphatic rings. The molecule has 0 aromatic heterocycles. The van der Waals surface area contributed by atoms with Crippen molar-refractivity contribution in [2.24, 2.45) is 5.41 Å². The number of hydrogen-bond acceptors (Lipinski definition) is 8. The highest BCUT2D eigenvalue weighted by Crippen LogP contribution is 2.68. The van der Waals surface area contributed by atoms with Gasteiger partial charge in [-0.15, -0.1) is 0 Å². The van der Waals surface area contributed by atoms with Gasteiger partial charge in [-0.2, -0.15) is 101 Å². The Kier molecular flexibility index (Phi) is 6.45. The van der Waals surface area contributed by atoms with Crippen LogP contribution in [0.5, 0.6) is 0 Å². The third-order valence-corrected chi connectivity index (χ3v) is 5.52. The SMILES string of the molecule is CC(S)(S)C(C(C)(S)S)(C(C)(S)S)C(C)(S)S. The monoisotopic (exact) mass is 384 g/mol. The Bertz CT molecular complexity index is 210. The predicted octanol–water partition coefficient (Wildman–Crippen LogP) is 4.28. The van der Waals surface area contributed by atoms with Crippen molar-refractivity contribution in [3.8, 4) is 0 Å². The summed E-state index contributed by atoms with van der Waals surface area (Å²) < 4.78 is -3.22. The van der Waals surface area contributed by atoms with Crippen molar-refractivity contribution >= 4 is 101 Å². The van der Waals surface area contributed by atoms with Crippen LogP contribution in [0.4, 0.5) is 0 Å². The maximum Gasteiger partial charge on any atom is 0.0643 e. The number of thiol groups is 8. The molecule has 104 valence electrons. The minimum Gasteiger partial charge on any atom is -0.161 e. The third-order valence-electron chi connectivity index (χ3n) is 2.84. The molecule has 0 N–H and O–H groups in total. The van der Waals surface area contributed by atoms with Gasteiger partial charge in [0.2, 0.25) is 0 Å². The lowest BCUT2D eigenvalue weighted by Crippen LogP contribution is -2.66. The highest BCUT2D eigenvalue weighted by molar-refractivity contribution is 8.05. The predicted molar refractivity (Wildman–Crippen MR) is 108 cm³/mol. The molecular weight excluding hydrogens is 365 g/mol. The summed E-state index contributed by atoms with van der Waals surface area (Å²) in [5, 5.41) is 0. The molecule has 0 rings (SSSR count). The van der Waals surface area contributed by atoms with E-state index in [0.29, 0.717) is 0 Å². The van der Waals surface area contributed by atoms with Gasteiger partial charge in [-0.05, 0) is 27.7 Å². The molecule has 0 aliphatic heterocycles. The van der Waals surface area contributed by atoms with Gasteiger partial charge < -0.3 is 0 Å². The van der Waals surface area contributed by atoms with Crippen LogP contribution in [-0.2, 0) is 0 Å². The first-order valence-corrected chi connectivity index (χ1v) is 8.37. The van der Waals surface area contributed by atoms with Gasteiger partial charge in [0.1, 0.15) is 0 Å². The molecule has 17 heavy (non-hydrogen) atoms. The average Bonchev–Trinajstić information content (AvgIpc) is 1.67. The minimum absolute atomic E-state index is 0.804. The van der Waals surface area contributed by atoms with Gasteiger partial charge in [0.25, 0.3) is 0 Å². The Morgan fingerprint density at radius 3 is 0.529 bits per heavy atom. The van der Waals surface area contributed by atoms with E-state index in [4.69, 9.17) is 0 Å². The van der Waals surface area contributed by atoms with Gasteiger partial charge in [0.05, 0.1) is 21.7 Å². The molecule has 0 aromatic carbocycles. The largest absolute Gasteiger partial charge is 0.161 e. The molecule has 0 fully saturated rings. The zero-order valence-corrected chi connectivity index (χ0v) is 17.2. The average molecular weight is 385 g/mol. The van der Waals surface area contributed by atoms with Gasteiger partial charge >= 0.3 is 0 Å². The third kappa shape index (κ3) is 3.52. The van der Waals surface area contributed by atoms with Gasteiger partial charge in [-0.25, -0.2) is 0 Å². The second kappa shape index (κ2) is 5.54. The second-order valence-electron chi connectivity index (χ2n) is 4.83. The lowest BCUT2D eigenvalue weighted by Gasteiger charge is -2.62. The Hall–Kier alpha value is 2.80.